The molecule has 3 N–H and O–H groups in total. The molecule has 2 aliphatic rings. The van der Waals surface area contributed by atoms with E-state index in [-0.39, 0.29) is 17.7 Å². The van der Waals surface area contributed by atoms with Crippen LogP contribution in [0.15, 0.2) is 79.0 Å². The zero-order valence-electron chi connectivity index (χ0n) is 19.3. The van der Waals surface area contributed by atoms with Gasteiger partial charge >= 0.3 is 0 Å². The van der Waals surface area contributed by atoms with Crippen LogP contribution in [0.5, 0.6) is 0 Å². The smallest absolute Gasteiger partial charge is 0.229 e. The molecular formula is C29H33N3O. The average Bonchev–Trinajstić information content (AvgIpc) is 3.38. The fourth-order valence-electron chi connectivity index (χ4n) is 6.53. The molecule has 2 aromatic carbocycles. The largest absolute Gasteiger partial charge is 0.380 e. The Bertz CT molecular complexity index is 1090. The maximum absolute atomic E-state index is 13.7. The molecule has 1 fully saturated rings. The number of primary amides is 1. The maximum atomic E-state index is 13.7. The van der Waals surface area contributed by atoms with E-state index in [9.17, 15) is 4.79 Å². The molecule has 0 spiro atoms. The lowest BCUT2D eigenvalue weighted by molar-refractivity contribution is -0.125. The molecule has 1 aliphatic carbocycles. The van der Waals surface area contributed by atoms with Crippen molar-refractivity contribution in [2.75, 3.05) is 5.32 Å². The van der Waals surface area contributed by atoms with Crippen molar-refractivity contribution in [3.8, 4) is 0 Å². The summed E-state index contributed by atoms with van der Waals surface area (Å²) < 4.78 is 0. The zero-order chi connectivity index (χ0) is 22.8. The molecule has 4 atom stereocenters. The molecule has 170 valence electrons. The number of rotatable bonds is 6. The Balaban J connectivity index is 1.72. The molecule has 0 saturated heterocycles. The van der Waals surface area contributed by atoms with Gasteiger partial charge in [0.2, 0.25) is 5.91 Å². The van der Waals surface area contributed by atoms with Gasteiger partial charge in [-0.25, -0.2) is 0 Å². The van der Waals surface area contributed by atoms with Crippen molar-refractivity contribution in [2.24, 2.45) is 17.6 Å². The van der Waals surface area contributed by atoms with Crippen LogP contribution in [0.25, 0.3) is 0 Å². The monoisotopic (exact) mass is 439 g/mol. The van der Waals surface area contributed by atoms with Gasteiger partial charge in [0.1, 0.15) is 0 Å². The number of nitrogens with one attached hydrogen (secondary N) is 1. The quantitative estimate of drug-likeness (QED) is 0.536. The van der Waals surface area contributed by atoms with E-state index < -0.39 is 5.41 Å². The fraction of sp³-hybridized carbons (Fsp3) is 0.379. The van der Waals surface area contributed by atoms with Crippen LogP contribution >= 0.6 is 0 Å². The topological polar surface area (TPSA) is 68.0 Å². The summed E-state index contributed by atoms with van der Waals surface area (Å²) in [7, 11) is 0. The van der Waals surface area contributed by atoms with Crippen molar-refractivity contribution in [1.29, 1.82) is 0 Å². The number of amides is 1. The lowest BCUT2D eigenvalue weighted by Crippen LogP contribution is -2.55. The van der Waals surface area contributed by atoms with E-state index in [1.165, 1.54) is 25.7 Å². The number of anilines is 1. The predicted octanol–water partition coefficient (Wildman–Crippen LogP) is 5.45. The van der Waals surface area contributed by atoms with Gasteiger partial charge in [-0.1, -0.05) is 80.4 Å². The van der Waals surface area contributed by atoms with E-state index in [2.05, 4.69) is 42.6 Å². The lowest BCUT2D eigenvalue weighted by atomic mass is 9.57. The first-order chi connectivity index (χ1) is 16.1. The van der Waals surface area contributed by atoms with Crippen LogP contribution in [0.3, 0.4) is 0 Å². The first-order valence-electron chi connectivity index (χ1n) is 12.2. The predicted molar refractivity (Wildman–Crippen MR) is 133 cm³/mol. The van der Waals surface area contributed by atoms with Gasteiger partial charge < -0.3 is 11.1 Å². The molecule has 4 heteroatoms. The molecule has 1 amide bonds. The van der Waals surface area contributed by atoms with Crippen molar-refractivity contribution < 1.29 is 4.79 Å². The molecule has 2 heterocycles. The number of carbonyl (C=O) groups excluding carboxylic acids is 1. The van der Waals surface area contributed by atoms with Crippen molar-refractivity contribution in [2.45, 2.75) is 56.4 Å². The fourth-order valence-corrected chi connectivity index (χ4v) is 6.53. The normalized spacial score (nSPS) is 24.5. The summed E-state index contributed by atoms with van der Waals surface area (Å²) >= 11 is 0. The number of pyridine rings is 1. The van der Waals surface area contributed by atoms with Crippen LogP contribution in [0.1, 0.15) is 55.3 Å². The summed E-state index contributed by atoms with van der Waals surface area (Å²) in [5, 5.41) is 3.83. The van der Waals surface area contributed by atoms with E-state index in [1.54, 1.807) is 0 Å². The second-order valence-electron chi connectivity index (χ2n) is 9.85. The number of hydrogen-bond donors (Lipinski definition) is 2. The summed E-state index contributed by atoms with van der Waals surface area (Å²) in [5.41, 5.74) is 9.61. The summed E-state index contributed by atoms with van der Waals surface area (Å²) in [6, 6.07) is 24.8. The minimum Gasteiger partial charge on any atom is -0.380 e. The molecule has 0 radical (unpaired) electrons. The highest BCUT2D eigenvalue weighted by molar-refractivity contribution is 5.89. The summed E-state index contributed by atoms with van der Waals surface area (Å²) in [4.78, 5) is 18.5. The molecular weight excluding hydrogens is 406 g/mol. The van der Waals surface area contributed by atoms with Crippen LogP contribution in [-0.4, -0.2) is 16.9 Å². The minimum atomic E-state index is -0.899. The van der Waals surface area contributed by atoms with Gasteiger partial charge in [0.15, 0.2) is 0 Å². The van der Waals surface area contributed by atoms with E-state index in [1.807, 2.05) is 48.7 Å². The molecule has 1 saturated carbocycles. The van der Waals surface area contributed by atoms with Gasteiger partial charge in [0, 0.05) is 18.2 Å². The van der Waals surface area contributed by atoms with Gasteiger partial charge in [0.25, 0.3) is 0 Å². The third-order valence-corrected chi connectivity index (χ3v) is 8.04. The van der Waals surface area contributed by atoms with Crippen LogP contribution in [0, 0.1) is 11.8 Å². The molecule has 4 nitrogen and oxygen atoms in total. The highest BCUT2D eigenvalue weighted by atomic mass is 16.1. The minimum absolute atomic E-state index is 0.124. The Morgan fingerprint density at radius 3 is 2.33 bits per heavy atom. The number of benzene rings is 2. The number of carbonyl (C=O) groups is 1. The number of nitrogens with zero attached hydrogens (tertiary/aromatic N) is 1. The number of nitrogens with two attached hydrogens (primary N) is 1. The van der Waals surface area contributed by atoms with E-state index >= 15 is 0 Å². The van der Waals surface area contributed by atoms with Gasteiger partial charge in [-0.05, 0) is 54.4 Å². The molecule has 1 aliphatic heterocycles. The van der Waals surface area contributed by atoms with Crippen molar-refractivity contribution in [3.05, 3.63) is 95.8 Å². The van der Waals surface area contributed by atoms with Crippen molar-refractivity contribution in [1.82, 2.24) is 4.98 Å². The molecule has 33 heavy (non-hydrogen) atoms. The molecule has 5 rings (SSSR count). The first-order valence-corrected chi connectivity index (χ1v) is 12.2. The first kappa shape index (κ1) is 21.7. The van der Waals surface area contributed by atoms with Gasteiger partial charge in [0.05, 0.1) is 16.8 Å². The van der Waals surface area contributed by atoms with Crippen LogP contribution in [0.2, 0.25) is 0 Å². The number of aromatic nitrogens is 1. The highest BCUT2D eigenvalue weighted by Gasteiger charge is 2.54. The van der Waals surface area contributed by atoms with E-state index in [0.29, 0.717) is 18.4 Å². The third-order valence-electron chi connectivity index (χ3n) is 8.04. The van der Waals surface area contributed by atoms with E-state index in [4.69, 9.17) is 10.7 Å². The van der Waals surface area contributed by atoms with E-state index in [0.717, 1.165) is 22.5 Å². The molecule has 3 aromatic rings. The highest BCUT2D eigenvalue weighted by Crippen LogP contribution is 2.52. The Kier molecular flexibility index (Phi) is 5.92. The Morgan fingerprint density at radius 2 is 1.67 bits per heavy atom. The maximum Gasteiger partial charge on any atom is 0.229 e. The summed E-state index contributed by atoms with van der Waals surface area (Å²) in [6.45, 7) is 2.30. The molecule has 0 bridgehead atoms. The summed E-state index contributed by atoms with van der Waals surface area (Å²) in [5.74, 6) is 0.402. The third kappa shape index (κ3) is 3.82. The number of fused-ring (bicyclic) bond motifs is 1. The van der Waals surface area contributed by atoms with Crippen LogP contribution in [-0.2, 0) is 16.6 Å². The SMILES string of the molecule is C[C@H]1[C@H](C(Cc2ccccc2)(C(N)=O)c2ccccc2)c2ncccc2N[C@H]1C1CCCC1. The second kappa shape index (κ2) is 9.01. The van der Waals surface area contributed by atoms with Crippen LogP contribution in [0.4, 0.5) is 5.69 Å². The standard InChI is InChI=1S/C29H33N3O/c1-20-25(27-24(17-10-18-31-27)32-26(20)22-13-8-9-14-22)29(28(30)33,23-15-6-3-7-16-23)19-21-11-4-2-5-12-21/h2-7,10-12,15-18,20,22,25-26,32H,8-9,13-14,19H2,1H3,(H2,30,33)/t20-,25-,26+,29?/m0/s1. The number of hydrogen-bond acceptors (Lipinski definition) is 3. The van der Waals surface area contributed by atoms with Gasteiger partial charge in [-0.3, -0.25) is 9.78 Å². The van der Waals surface area contributed by atoms with Crippen LogP contribution < -0.4 is 11.1 Å². The Labute approximate surface area is 196 Å². The van der Waals surface area contributed by atoms with Gasteiger partial charge in [-0.15, -0.1) is 0 Å². The Hall–Kier alpha value is -3.14. The lowest BCUT2D eigenvalue weighted by Gasteiger charge is -2.49. The van der Waals surface area contributed by atoms with Gasteiger partial charge in [-0.2, -0.15) is 0 Å². The average molecular weight is 440 g/mol. The Morgan fingerprint density at radius 1 is 1.00 bits per heavy atom. The summed E-state index contributed by atoms with van der Waals surface area (Å²) in [6.07, 6.45) is 7.43. The van der Waals surface area contributed by atoms with Crippen molar-refractivity contribution in [3.63, 3.8) is 0 Å². The van der Waals surface area contributed by atoms with Crippen molar-refractivity contribution >= 4 is 11.6 Å². The molecule has 1 unspecified atom stereocenters. The molecule has 1 aromatic heterocycles. The second-order valence-corrected chi connectivity index (χ2v) is 9.85. The zero-order valence-corrected chi connectivity index (χ0v) is 19.3.